The first-order valence-electron chi connectivity index (χ1n) is 6.58. The second kappa shape index (κ2) is 5.84. The molecule has 0 spiro atoms. The van der Waals surface area contributed by atoms with Crippen LogP contribution in [0.3, 0.4) is 0 Å². The molecule has 0 radical (unpaired) electrons. The van der Waals surface area contributed by atoms with Gasteiger partial charge in [-0.25, -0.2) is 0 Å². The van der Waals surface area contributed by atoms with E-state index in [0.29, 0.717) is 12.1 Å². The van der Waals surface area contributed by atoms with Gasteiger partial charge < -0.3 is 16.0 Å². The van der Waals surface area contributed by atoms with Crippen molar-refractivity contribution in [3.05, 3.63) is 29.8 Å². The maximum Gasteiger partial charge on any atom is 0.248 e. The van der Waals surface area contributed by atoms with E-state index >= 15 is 0 Å². The quantitative estimate of drug-likeness (QED) is 0.845. The predicted octanol–water partition coefficient (Wildman–Crippen LogP) is 0.890. The minimum absolute atomic E-state index is 0.0646. The summed E-state index contributed by atoms with van der Waals surface area (Å²) in [5.74, 6) is -0.413. The normalized spacial score (nSPS) is 19.5. The average Bonchev–Trinajstić information content (AvgIpc) is 2.41. The van der Waals surface area contributed by atoms with Gasteiger partial charge in [0.2, 0.25) is 11.8 Å². The molecule has 3 N–H and O–H groups in total. The van der Waals surface area contributed by atoms with E-state index < -0.39 is 5.91 Å². The Morgan fingerprint density at radius 1 is 1.53 bits per heavy atom. The Bertz CT molecular complexity index is 485. The van der Waals surface area contributed by atoms with Crippen molar-refractivity contribution in [2.75, 3.05) is 18.0 Å². The molecular formula is C14H19N3O2. The van der Waals surface area contributed by atoms with Gasteiger partial charge in [0.15, 0.2) is 0 Å². The van der Waals surface area contributed by atoms with Crippen molar-refractivity contribution >= 4 is 17.5 Å². The molecule has 1 aliphatic heterocycles. The molecule has 1 aromatic carbocycles. The molecule has 0 aliphatic carbocycles. The lowest BCUT2D eigenvalue weighted by Crippen LogP contribution is -2.50. The molecule has 2 amide bonds. The van der Waals surface area contributed by atoms with Crippen molar-refractivity contribution in [3.8, 4) is 0 Å². The summed E-state index contributed by atoms with van der Waals surface area (Å²) in [6, 6.07) is 6.78. The Balaban J connectivity index is 2.23. The predicted molar refractivity (Wildman–Crippen MR) is 74.0 cm³/mol. The number of nitrogens with one attached hydrogen (secondary N) is 1. The van der Waals surface area contributed by atoms with Crippen molar-refractivity contribution < 1.29 is 9.59 Å². The molecule has 5 nitrogen and oxygen atoms in total. The van der Waals surface area contributed by atoms with E-state index in [2.05, 4.69) is 5.32 Å². The SMILES string of the molecule is CCNC1CCCN(c2cccc(C(N)=O)c2)C1=O. The summed E-state index contributed by atoms with van der Waals surface area (Å²) in [6.07, 6.45) is 1.81. The zero-order chi connectivity index (χ0) is 13.8. The Morgan fingerprint density at radius 2 is 2.32 bits per heavy atom. The zero-order valence-corrected chi connectivity index (χ0v) is 11.1. The Labute approximate surface area is 112 Å². The van der Waals surface area contributed by atoms with Gasteiger partial charge in [-0.05, 0) is 37.6 Å². The van der Waals surface area contributed by atoms with Gasteiger partial charge >= 0.3 is 0 Å². The van der Waals surface area contributed by atoms with Crippen LogP contribution in [0.25, 0.3) is 0 Å². The second-order valence-electron chi connectivity index (χ2n) is 4.66. The third-order valence-corrected chi connectivity index (χ3v) is 3.33. The number of nitrogens with zero attached hydrogens (tertiary/aromatic N) is 1. The van der Waals surface area contributed by atoms with Gasteiger partial charge in [-0.3, -0.25) is 9.59 Å². The van der Waals surface area contributed by atoms with Crippen LogP contribution in [0, 0.1) is 0 Å². The van der Waals surface area contributed by atoms with Crippen LogP contribution in [0.1, 0.15) is 30.1 Å². The highest BCUT2D eigenvalue weighted by Crippen LogP contribution is 2.22. The highest BCUT2D eigenvalue weighted by atomic mass is 16.2. The lowest BCUT2D eigenvalue weighted by Gasteiger charge is -2.32. The van der Waals surface area contributed by atoms with Crippen LogP contribution in [0.4, 0.5) is 5.69 Å². The number of carbonyl (C=O) groups is 2. The largest absolute Gasteiger partial charge is 0.366 e. The molecule has 1 heterocycles. The number of anilines is 1. The van der Waals surface area contributed by atoms with Gasteiger partial charge in [0.1, 0.15) is 0 Å². The van der Waals surface area contributed by atoms with Crippen molar-refractivity contribution in [1.82, 2.24) is 5.32 Å². The Morgan fingerprint density at radius 3 is 3.00 bits per heavy atom. The molecule has 19 heavy (non-hydrogen) atoms. The summed E-state index contributed by atoms with van der Waals surface area (Å²) in [7, 11) is 0. The minimum Gasteiger partial charge on any atom is -0.366 e. The molecule has 0 bridgehead atoms. The first-order chi connectivity index (χ1) is 9.13. The van der Waals surface area contributed by atoms with Crippen LogP contribution >= 0.6 is 0 Å². The highest BCUT2D eigenvalue weighted by molar-refractivity contribution is 6.00. The van der Waals surface area contributed by atoms with E-state index in [4.69, 9.17) is 5.73 Å². The first-order valence-corrected chi connectivity index (χ1v) is 6.58. The Hall–Kier alpha value is -1.88. The number of hydrogen-bond acceptors (Lipinski definition) is 3. The van der Waals surface area contributed by atoms with E-state index in [0.717, 1.165) is 25.1 Å². The van der Waals surface area contributed by atoms with Crippen molar-refractivity contribution in [2.24, 2.45) is 5.73 Å². The number of carbonyl (C=O) groups excluding carboxylic acids is 2. The monoisotopic (exact) mass is 261 g/mol. The molecule has 1 fully saturated rings. The number of hydrogen-bond donors (Lipinski definition) is 2. The Kier molecular flexibility index (Phi) is 4.16. The lowest BCUT2D eigenvalue weighted by molar-refractivity contribution is -0.121. The van der Waals surface area contributed by atoms with Crippen molar-refractivity contribution in [3.63, 3.8) is 0 Å². The molecule has 1 aliphatic rings. The molecule has 1 aromatic rings. The third-order valence-electron chi connectivity index (χ3n) is 3.33. The molecule has 1 saturated heterocycles. The summed E-state index contributed by atoms with van der Waals surface area (Å²) in [4.78, 5) is 25.3. The summed E-state index contributed by atoms with van der Waals surface area (Å²) in [5, 5.41) is 3.19. The minimum atomic E-state index is -0.477. The number of amides is 2. The summed E-state index contributed by atoms with van der Waals surface area (Å²) in [6.45, 7) is 3.44. The van der Waals surface area contributed by atoms with Crippen LogP contribution in [-0.4, -0.2) is 30.9 Å². The van der Waals surface area contributed by atoms with E-state index in [9.17, 15) is 9.59 Å². The molecule has 5 heteroatoms. The molecule has 0 saturated carbocycles. The summed E-state index contributed by atoms with van der Waals surface area (Å²) in [5.41, 5.74) is 6.43. The first kappa shape index (κ1) is 13.5. The van der Waals surface area contributed by atoms with Gasteiger partial charge in [0.05, 0.1) is 6.04 Å². The fourth-order valence-corrected chi connectivity index (χ4v) is 2.39. The van der Waals surface area contributed by atoms with Gasteiger partial charge in [-0.1, -0.05) is 13.0 Å². The average molecular weight is 261 g/mol. The summed E-state index contributed by atoms with van der Waals surface area (Å²) < 4.78 is 0. The highest BCUT2D eigenvalue weighted by Gasteiger charge is 2.28. The van der Waals surface area contributed by atoms with Crippen LogP contribution in [0.2, 0.25) is 0 Å². The molecular weight excluding hydrogens is 242 g/mol. The third kappa shape index (κ3) is 2.93. The molecule has 102 valence electrons. The maximum atomic E-state index is 12.3. The van der Waals surface area contributed by atoms with Crippen LogP contribution < -0.4 is 16.0 Å². The fraction of sp³-hybridized carbons (Fsp3) is 0.429. The number of benzene rings is 1. The molecule has 2 rings (SSSR count). The smallest absolute Gasteiger partial charge is 0.248 e. The van der Waals surface area contributed by atoms with Gasteiger partial charge in [-0.2, -0.15) is 0 Å². The standard InChI is InChI=1S/C14H19N3O2/c1-2-16-12-7-4-8-17(14(12)19)11-6-3-5-10(9-11)13(15)18/h3,5-6,9,12,16H,2,4,7-8H2,1H3,(H2,15,18). The maximum absolute atomic E-state index is 12.3. The van der Waals surface area contributed by atoms with E-state index in [1.807, 2.05) is 13.0 Å². The number of likely N-dealkylation sites (N-methyl/N-ethyl adjacent to an activating group) is 1. The van der Waals surface area contributed by atoms with Gasteiger partial charge in [-0.15, -0.1) is 0 Å². The number of piperidine rings is 1. The van der Waals surface area contributed by atoms with Crippen LogP contribution in [-0.2, 0) is 4.79 Å². The van der Waals surface area contributed by atoms with Crippen molar-refractivity contribution in [1.29, 1.82) is 0 Å². The van der Waals surface area contributed by atoms with Crippen LogP contribution in [0.5, 0.6) is 0 Å². The molecule has 0 aromatic heterocycles. The molecule has 1 unspecified atom stereocenters. The molecule has 1 atom stereocenters. The fourth-order valence-electron chi connectivity index (χ4n) is 2.39. The van der Waals surface area contributed by atoms with Crippen molar-refractivity contribution in [2.45, 2.75) is 25.8 Å². The van der Waals surface area contributed by atoms with Gasteiger partial charge in [0.25, 0.3) is 0 Å². The van der Waals surface area contributed by atoms with Gasteiger partial charge in [0, 0.05) is 17.8 Å². The van der Waals surface area contributed by atoms with E-state index in [-0.39, 0.29) is 11.9 Å². The number of rotatable bonds is 4. The number of primary amides is 1. The van der Waals surface area contributed by atoms with Crippen LogP contribution in [0.15, 0.2) is 24.3 Å². The summed E-state index contributed by atoms with van der Waals surface area (Å²) >= 11 is 0. The topological polar surface area (TPSA) is 75.4 Å². The second-order valence-corrected chi connectivity index (χ2v) is 4.66. The number of nitrogens with two attached hydrogens (primary N) is 1. The van der Waals surface area contributed by atoms with E-state index in [1.54, 1.807) is 23.1 Å². The zero-order valence-electron chi connectivity index (χ0n) is 11.1. The lowest BCUT2D eigenvalue weighted by atomic mass is 10.0. The van der Waals surface area contributed by atoms with E-state index in [1.165, 1.54) is 0 Å².